The van der Waals surface area contributed by atoms with E-state index in [-0.39, 0.29) is 38.1 Å². The van der Waals surface area contributed by atoms with E-state index in [2.05, 4.69) is 36.1 Å². The molecule has 19 nitrogen and oxygen atoms in total. The second-order valence-corrected chi connectivity index (χ2v) is 23.1. The van der Waals surface area contributed by atoms with Crippen molar-refractivity contribution in [3.63, 3.8) is 0 Å². The summed E-state index contributed by atoms with van der Waals surface area (Å²) < 4.78 is 43.0. The number of esters is 4. The van der Waals surface area contributed by atoms with Gasteiger partial charge in [-0.05, 0) is 46.0 Å². The van der Waals surface area contributed by atoms with Crippen LogP contribution < -0.4 is 21.7 Å². The number of aliphatic hydroxyl groups is 1. The first-order chi connectivity index (χ1) is 40.4. The molecule has 19 heteroatoms. The number of carbonyl (C=O) groups is 8. The molecule has 0 radical (unpaired) electrons. The molecule has 0 aromatic heterocycles. The van der Waals surface area contributed by atoms with Crippen LogP contribution in [0.1, 0.15) is 292 Å². The summed E-state index contributed by atoms with van der Waals surface area (Å²) in [6.07, 6.45) is 28.0. The Balaban J connectivity index is 3.24. The van der Waals surface area contributed by atoms with Crippen molar-refractivity contribution < 1.29 is 73.3 Å². The van der Waals surface area contributed by atoms with Crippen LogP contribution in [-0.4, -0.2) is 121 Å². The molecule has 0 aromatic rings. The third-order valence-electron chi connectivity index (χ3n) is 15.4. The number of amides is 4. The third-order valence-corrected chi connectivity index (χ3v) is 15.4. The summed E-state index contributed by atoms with van der Waals surface area (Å²) in [7, 11) is 1.16. The maximum Gasteiger partial charge on any atom is 0.309 e. The van der Waals surface area contributed by atoms with Crippen molar-refractivity contribution in [1.29, 1.82) is 0 Å². The average molecular weight is 1180 g/mol. The van der Waals surface area contributed by atoms with Gasteiger partial charge < -0.3 is 55.2 Å². The summed E-state index contributed by atoms with van der Waals surface area (Å²) in [5.41, 5.74) is 5.45. The zero-order valence-corrected chi connectivity index (χ0v) is 52.7. The fraction of sp³-hybridized carbons (Fsp3) is 0.875. The summed E-state index contributed by atoms with van der Waals surface area (Å²) in [5, 5.41) is 17.2. The lowest BCUT2D eigenvalue weighted by atomic mass is 9.96. The lowest BCUT2D eigenvalue weighted by molar-refractivity contribution is -0.275. The van der Waals surface area contributed by atoms with Crippen molar-refractivity contribution in [2.75, 3.05) is 13.7 Å². The standard InChI is InChI=1S/C64H116N4O15/c1-8-11-14-17-20-23-25-26-28-31-33-36-39-42-55(71)81-51(41-38-35-32-29-22-19-16-13-10-3)46-57(73)79-47-53-59(74)60(80-49(5)63(77)66-48(4)62(76)68-52(61(65)75)44-45-54(70)78-7)58(67-50(6)69)64(82-53)83-56(72)43-40-37-34-30-27-24-21-18-15-12-9-2/h48-49,51-53,58-60,64,74H,8-47H2,1-7H3,(H2,65,75)(H,66,77)(H,67,69)(H,68,76)/t48-,49+,51+,52-,53+,58+,59+,60+,64?/m0/s1/i/hD. The lowest BCUT2D eigenvalue weighted by Crippen LogP contribution is -2.66. The van der Waals surface area contributed by atoms with Gasteiger partial charge in [-0.15, -0.1) is 0 Å². The number of primary amides is 1. The fourth-order valence-electron chi connectivity index (χ4n) is 10.3. The molecule has 482 valence electrons. The van der Waals surface area contributed by atoms with E-state index in [0.29, 0.717) is 24.6 Å². The van der Waals surface area contributed by atoms with Crippen LogP contribution in [0.25, 0.3) is 0 Å². The molecule has 1 heterocycles. The van der Waals surface area contributed by atoms with Gasteiger partial charge in [-0.25, -0.2) is 0 Å². The second kappa shape index (κ2) is 49.9. The van der Waals surface area contributed by atoms with Gasteiger partial charge in [0, 0.05) is 26.2 Å². The molecular formula is C64H116N4O15. The summed E-state index contributed by atoms with van der Waals surface area (Å²) in [4.78, 5) is 104. The molecule has 0 aromatic carbocycles. The molecule has 4 amide bonds. The molecule has 0 saturated carbocycles. The SMILES string of the molecule is [2H]N(C(=O)[C@@H](C)O[C@H]1[C@H](O)[C@@H](COC(=O)C[C@@H](CCCCCCCCCCC)OC(=O)CCCCCCCCCCCCCCC)OC(OC(=O)CCCCCCCCCCCCC)[C@@H]1NC(C)=O)[C@@H](C)C(=O)N[C@@H](CCC(=O)OC)C(N)=O. The monoisotopic (exact) mass is 1180 g/mol. The van der Waals surface area contributed by atoms with Crippen LogP contribution >= 0.6 is 0 Å². The van der Waals surface area contributed by atoms with E-state index < -0.39 is 103 Å². The number of hydrogen-bond acceptors (Lipinski definition) is 15. The maximum atomic E-state index is 13.8. The molecule has 6 N–H and O–H groups in total. The average Bonchev–Trinajstić information content (AvgIpc) is 3.67. The van der Waals surface area contributed by atoms with E-state index in [9.17, 15) is 43.5 Å². The lowest BCUT2D eigenvalue weighted by Gasteiger charge is -2.44. The summed E-state index contributed by atoms with van der Waals surface area (Å²) in [6.45, 7) is 9.67. The maximum absolute atomic E-state index is 13.8. The number of carbonyl (C=O) groups excluding carboxylic acids is 8. The molecule has 0 bridgehead atoms. The van der Waals surface area contributed by atoms with Crippen LogP contribution in [0.4, 0.5) is 0 Å². The van der Waals surface area contributed by atoms with Crippen LogP contribution in [0.3, 0.4) is 0 Å². The van der Waals surface area contributed by atoms with Crippen LogP contribution in [0, 0.1) is 0 Å². The first-order valence-corrected chi connectivity index (χ1v) is 32.7. The fourth-order valence-corrected chi connectivity index (χ4v) is 10.3. The van der Waals surface area contributed by atoms with E-state index in [0.717, 1.165) is 84.2 Å². The predicted octanol–water partition coefficient (Wildman–Crippen LogP) is 11.3. The Bertz CT molecular complexity index is 1810. The van der Waals surface area contributed by atoms with Gasteiger partial charge in [-0.1, -0.05) is 213 Å². The summed E-state index contributed by atoms with van der Waals surface area (Å²) >= 11 is 0. The van der Waals surface area contributed by atoms with Crippen LogP contribution in [0.5, 0.6) is 0 Å². The number of rotatable bonds is 53. The first-order valence-electron chi connectivity index (χ1n) is 33.1. The largest absolute Gasteiger partial charge is 0.469 e. The van der Waals surface area contributed by atoms with E-state index >= 15 is 0 Å². The quantitative estimate of drug-likeness (QED) is 0.0215. The van der Waals surface area contributed by atoms with E-state index in [1.807, 2.05) is 0 Å². The minimum Gasteiger partial charge on any atom is -0.469 e. The van der Waals surface area contributed by atoms with Crippen molar-refractivity contribution in [1.82, 2.24) is 15.9 Å². The third kappa shape index (κ3) is 39.1. The highest BCUT2D eigenvalue weighted by atomic mass is 16.7. The number of methoxy groups -OCH3 is 1. The van der Waals surface area contributed by atoms with E-state index in [1.54, 1.807) is 0 Å². The molecule has 1 aliphatic rings. The van der Waals surface area contributed by atoms with Crippen molar-refractivity contribution in [2.24, 2.45) is 5.73 Å². The molecule has 0 spiro atoms. The highest BCUT2D eigenvalue weighted by Gasteiger charge is 2.50. The topological polar surface area (TPSA) is 274 Å². The molecule has 1 unspecified atom stereocenters. The number of ether oxygens (including phenoxy) is 6. The Morgan fingerprint density at radius 1 is 0.578 bits per heavy atom. The zero-order chi connectivity index (χ0) is 62.3. The number of aliphatic hydroxyl groups excluding tert-OH is 1. The van der Waals surface area contributed by atoms with Gasteiger partial charge in [0.15, 0.2) is 1.41 Å². The second-order valence-electron chi connectivity index (χ2n) is 23.1. The summed E-state index contributed by atoms with van der Waals surface area (Å²) in [5.74, 6) is -6.07. The van der Waals surface area contributed by atoms with Crippen molar-refractivity contribution in [2.45, 2.75) is 347 Å². The van der Waals surface area contributed by atoms with Gasteiger partial charge in [0.1, 0.15) is 55.3 Å². The van der Waals surface area contributed by atoms with Gasteiger partial charge >= 0.3 is 23.9 Å². The minimum atomic E-state index is -1.76. The molecule has 83 heavy (non-hydrogen) atoms. The molecule has 1 saturated heterocycles. The molecular weight excluding hydrogens is 1060 g/mol. The summed E-state index contributed by atoms with van der Waals surface area (Å²) in [6, 6.07) is -4.29. The highest BCUT2D eigenvalue weighted by molar-refractivity contribution is 5.92. The molecule has 1 aliphatic heterocycles. The Morgan fingerprint density at radius 2 is 1.02 bits per heavy atom. The smallest absolute Gasteiger partial charge is 0.309 e. The van der Waals surface area contributed by atoms with Crippen molar-refractivity contribution in [3.05, 3.63) is 0 Å². The number of hydrogen-bond donors (Lipinski definition) is 5. The Kier molecular flexibility index (Phi) is 44.9. The van der Waals surface area contributed by atoms with Crippen molar-refractivity contribution in [3.8, 4) is 0 Å². The molecule has 9 atom stereocenters. The molecule has 1 rings (SSSR count). The van der Waals surface area contributed by atoms with E-state index in [4.69, 9.17) is 30.8 Å². The Hall–Kier alpha value is -4.36. The van der Waals surface area contributed by atoms with Crippen molar-refractivity contribution >= 4 is 47.5 Å². The van der Waals surface area contributed by atoms with Gasteiger partial charge in [0.05, 0.1) is 13.5 Å². The Morgan fingerprint density at radius 3 is 1.47 bits per heavy atom. The number of nitrogens with one attached hydrogen (secondary N) is 3. The van der Waals surface area contributed by atoms with Crippen LogP contribution in [-0.2, 0) is 66.8 Å². The Labute approximate surface area is 501 Å². The normalized spacial score (nSPS) is 18.4. The zero-order valence-electron chi connectivity index (χ0n) is 53.7. The highest BCUT2D eigenvalue weighted by Crippen LogP contribution is 2.28. The van der Waals surface area contributed by atoms with E-state index in [1.165, 1.54) is 143 Å². The van der Waals surface area contributed by atoms with Crippen LogP contribution in [0.2, 0.25) is 1.41 Å². The molecule has 1 fully saturated rings. The van der Waals surface area contributed by atoms with Crippen LogP contribution in [0.15, 0.2) is 0 Å². The molecule has 0 aliphatic carbocycles. The number of unbranched alkanes of at least 4 members (excludes halogenated alkanes) is 30. The van der Waals surface area contributed by atoms with Gasteiger partial charge in [-0.3, -0.25) is 38.4 Å². The minimum absolute atomic E-state index is 0.0117. The first kappa shape index (κ1) is 74.7. The number of nitrogens with two attached hydrogens (primary N) is 1. The van der Waals surface area contributed by atoms with Gasteiger partial charge in [0.25, 0.3) is 0 Å². The van der Waals surface area contributed by atoms with Gasteiger partial charge in [0.2, 0.25) is 29.9 Å². The van der Waals surface area contributed by atoms with Gasteiger partial charge in [-0.2, -0.15) is 0 Å². The predicted molar refractivity (Wildman–Crippen MR) is 321 cm³/mol.